The quantitative estimate of drug-likeness (QED) is 0.504. The minimum absolute atomic E-state index is 1.00. The Hall–Kier alpha value is -0.0400. The highest BCUT2D eigenvalue weighted by Crippen LogP contribution is 1.88. The van der Waals surface area contributed by atoms with E-state index < -0.39 is 0 Å². The summed E-state index contributed by atoms with van der Waals surface area (Å²) in [5.74, 6) is 0. The first kappa shape index (κ1) is 7.96. The molecule has 0 aromatic heterocycles. The van der Waals surface area contributed by atoms with Gasteiger partial charge in [0.2, 0.25) is 0 Å². The van der Waals surface area contributed by atoms with Gasteiger partial charge in [-0.1, -0.05) is 33.1 Å². The summed E-state index contributed by atoms with van der Waals surface area (Å²) in [6.07, 6.45) is 4.08. The first-order chi connectivity index (χ1) is 3.91. The van der Waals surface area contributed by atoms with Gasteiger partial charge in [0.15, 0.2) is 0 Å². The summed E-state index contributed by atoms with van der Waals surface area (Å²) in [6, 6.07) is 0. The molecule has 0 atom stereocenters. The van der Waals surface area contributed by atoms with Gasteiger partial charge >= 0.3 is 0 Å². The Morgan fingerprint density at radius 1 is 1.12 bits per heavy atom. The first-order valence-electron chi connectivity index (χ1n) is 3.49. The molecule has 0 radical (unpaired) electrons. The van der Waals surface area contributed by atoms with E-state index in [1.54, 1.807) is 0 Å². The maximum absolute atomic E-state index is 4.50. The van der Waals surface area contributed by atoms with Gasteiger partial charge in [0.25, 0.3) is 0 Å². The van der Waals surface area contributed by atoms with Crippen molar-refractivity contribution in [1.29, 1.82) is 0 Å². The molecule has 0 aliphatic carbocycles. The zero-order chi connectivity index (χ0) is 6.24. The Kier molecular flexibility index (Phi) is 6.93. The van der Waals surface area contributed by atoms with E-state index in [2.05, 4.69) is 18.6 Å². The predicted octanol–water partition coefficient (Wildman–Crippen LogP) is 2.21. The van der Waals surface area contributed by atoms with E-state index in [0.29, 0.717) is 0 Å². The fourth-order valence-corrected chi connectivity index (χ4v) is 0.354. The lowest BCUT2D eigenvalue weighted by Crippen LogP contribution is -1.59. The van der Waals surface area contributed by atoms with E-state index in [0.717, 1.165) is 13.2 Å². The lowest BCUT2D eigenvalue weighted by atomic mass is 10.3. The Bertz CT molecular complexity index is 28.6. The topological polar surface area (TPSA) is 12.5 Å². The summed E-state index contributed by atoms with van der Waals surface area (Å²) in [7, 11) is 0. The normalized spacial score (nSPS) is 14.2. The van der Waals surface area contributed by atoms with E-state index in [9.17, 15) is 0 Å². The van der Waals surface area contributed by atoms with Gasteiger partial charge in [-0.05, 0) is 0 Å². The van der Waals surface area contributed by atoms with Gasteiger partial charge in [0.1, 0.15) is 0 Å². The standard InChI is InChI=1S/C5H12.C2H4O/c1-3-5-4-2;1-2-3-1/h3-5H2,1-2H3;1-2H2. The number of ether oxygens (including phenoxy) is 1. The van der Waals surface area contributed by atoms with E-state index in [1.165, 1.54) is 19.3 Å². The van der Waals surface area contributed by atoms with Gasteiger partial charge in [-0.3, -0.25) is 0 Å². The molecule has 0 N–H and O–H groups in total. The Morgan fingerprint density at radius 3 is 1.50 bits per heavy atom. The number of unbranched alkanes of at least 4 members (excludes halogenated alkanes) is 2. The van der Waals surface area contributed by atoms with Crippen molar-refractivity contribution in [3.8, 4) is 0 Å². The molecule has 1 nitrogen and oxygen atoms in total. The number of epoxide rings is 1. The largest absolute Gasteiger partial charge is 0.377 e. The Labute approximate surface area is 52.0 Å². The van der Waals surface area contributed by atoms with Crippen molar-refractivity contribution < 1.29 is 4.74 Å². The molecule has 1 rings (SSSR count). The highest BCUT2D eigenvalue weighted by atomic mass is 16.6. The molecule has 1 heterocycles. The summed E-state index contributed by atoms with van der Waals surface area (Å²) in [5.41, 5.74) is 0. The summed E-state index contributed by atoms with van der Waals surface area (Å²) in [5, 5.41) is 0. The average molecular weight is 116 g/mol. The molecule has 1 aliphatic rings. The van der Waals surface area contributed by atoms with Crippen LogP contribution in [0.2, 0.25) is 0 Å². The molecule has 0 aromatic carbocycles. The fourth-order valence-electron chi connectivity index (χ4n) is 0.354. The van der Waals surface area contributed by atoms with Gasteiger partial charge in [0, 0.05) is 0 Å². The van der Waals surface area contributed by atoms with Crippen molar-refractivity contribution in [1.82, 2.24) is 0 Å². The summed E-state index contributed by atoms with van der Waals surface area (Å²) >= 11 is 0. The number of hydrogen-bond acceptors (Lipinski definition) is 1. The van der Waals surface area contributed by atoms with Crippen LogP contribution in [0.25, 0.3) is 0 Å². The monoisotopic (exact) mass is 116 g/mol. The van der Waals surface area contributed by atoms with E-state index >= 15 is 0 Å². The van der Waals surface area contributed by atoms with E-state index in [-0.39, 0.29) is 0 Å². The van der Waals surface area contributed by atoms with Crippen LogP contribution in [0.1, 0.15) is 33.1 Å². The zero-order valence-corrected chi connectivity index (χ0v) is 5.94. The molecule has 50 valence electrons. The lowest BCUT2D eigenvalue weighted by Gasteiger charge is -1.79. The van der Waals surface area contributed by atoms with Crippen molar-refractivity contribution >= 4 is 0 Å². The van der Waals surface area contributed by atoms with Crippen molar-refractivity contribution in [2.75, 3.05) is 13.2 Å². The van der Waals surface area contributed by atoms with Crippen LogP contribution in [0.4, 0.5) is 0 Å². The molecule has 0 aromatic rings. The van der Waals surface area contributed by atoms with Gasteiger partial charge in [-0.25, -0.2) is 0 Å². The van der Waals surface area contributed by atoms with Gasteiger partial charge in [-0.2, -0.15) is 0 Å². The molecule has 1 aliphatic heterocycles. The van der Waals surface area contributed by atoms with Crippen LogP contribution in [0.3, 0.4) is 0 Å². The van der Waals surface area contributed by atoms with Crippen molar-refractivity contribution in [2.24, 2.45) is 0 Å². The second kappa shape index (κ2) is 6.96. The molecule has 0 saturated carbocycles. The molecule has 0 bridgehead atoms. The molecule has 0 amide bonds. The van der Waals surface area contributed by atoms with Crippen LogP contribution >= 0.6 is 0 Å². The SMILES string of the molecule is C1CO1.CCCCC. The lowest BCUT2D eigenvalue weighted by molar-refractivity contribution is 0.475. The highest BCUT2D eigenvalue weighted by Gasteiger charge is 1.94. The van der Waals surface area contributed by atoms with Gasteiger partial charge in [-0.15, -0.1) is 0 Å². The fraction of sp³-hybridized carbons (Fsp3) is 1.00. The second-order valence-corrected chi connectivity index (χ2v) is 1.97. The minimum Gasteiger partial charge on any atom is -0.377 e. The molecule has 0 unspecified atom stereocenters. The molecular formula is C7H16O. The molecule has 0 spiro atoms. The van der Waals surface area contributed by atoms with Crippen LogP contribution < -0.4 is 0 Å². The van der Waals surface area contributed by atoms with Gasteiger partial charge < -0.3 is 4.74 Å². The molecule has 1 heteroatoms. The summed E-state index contributed by atoms with van der Waals surface area (Å²) < 4.78 is 4.50. The summed E-state index contributed by atoms with van der Waals surface area (Å²) in [6.45, 7) is 6.42. The zero-order valence-electron chi connectivity index (χ0n) is 5.94. The predicted molar refractivity (Wildman–Crippen MR) is 36.0 cm³/mol. The molecular weight excluding hydrogens is 100 g/mol. The minimum atomic E-state index is 1.00. The molecule has 1 fully saturated rings. The molecule has 1 saturated heterocycles. The second-order valence-electron chi connectivity index (χ2n) is 1.97. The average Bonchev–Trinajstić information content (AvgIpc) is 2.50. The van der Waals surface area contributed by atoms with E-state index in [1.807, 2.05) is 0 Å². The highest BCUT2D eigenvalue weighted by molar-refractivity contribution is 4.36. The van der Waals surface area contributed by atoms with Crippen LogP contribution in [0.5, 0.6) is 0 Å². The number of rotatable bonds is 2. The third-order valence-corrected chi connectivity index (χ3v) is 0.911. The maximum Gasteiger partial charge on any atom is 0.0701 e. The van der Waals surface area contributed by atoms with Crippen molar-refractivity contribution in [2.45, 2.75) is 33.1 Å². The smallest absolute Gasteiger partial charge is 0.0701 e. The Balaban J connectivity index is 0.000000135. The van der Waals surface area contributed by atoms with Crippen LogP contribution in [0, 0.1) is 0 Å². The van der Waals surface area contributed by atoms with E-state index in [4.69, 9.17) is 0 Å². The van der Waals surface area contributed by atoms with Crippen LogP contribution in [-0.4, -0.2) is 13.2 Å². The van der Waals surface area contributed by atoms with Crippen molar-refractivity contribution in [3.63, 3.8) is 0 Å². The Morgan fingerprint density at radius 2 is 1.50 bits per heavy atom. The third kappa shape index (κ3) is 16.7. The van der Waals surface area contributed by atoms with Gasteiger partial charge in [0.05, 0.1) is 13.2 Å². The first-order valence-corrected chi connectivity index (χ1v) is 3.49. The van der Waals surface area contributed by atoms with Crippen molar-refractivity contribution in [3.05, 3.63) is 0 Å². The molecule has 8 heavy (non-hydrogen) atoms. The maximum atomic E-state index is 4.50. The summed E-state index contributed by atoms with van der Waals surface area (Å²) in [4.78, 5) is 0. The van der Waals surface area contributed by atoms with Crippen LogP contribution in [0.15, 0.2) is 0 Å². The van der Waals surface area contributed by atoms with Crippen LogP contribution in [-0.2, 0) is 4.74 Å². The third-order valence-electron chi connectivity index (χ3n) is 0.911. The number of hydrogen-bond donors (Lipinski definition) is 0.